The Morgan fingerprint density at radius 1 is 1.17 bits per heavy atom. The van der Waals surface area contributed by atoms with Crippen LogP contribution in [0.4, 0.5) is 17.1 Å². The summed E-state index contributed by atoms with van der Waals surface area (Å²) in [5, 5.41) is 13.5. The molecule has 0 saturated heterocycles. The lowest BCUT2D eigenvalue weighted by Gasteiger charge is -2.24. The Labute approximate surface area is 168 Å². The number of benzene rings is 2. The zero-order chi connectivity index (χ0) is 21.8. The quantitative estimate of drug-likeness (QED) is 0.510. The van der Waals surface area contributed by atoms with E-state index in [1.54, 1.807) is 13.0 Å². The van der Waals surface area contributed by atoms with E-state index in [9.17, 15) is 23.3 Å². The molecule has 2 rings (SSSR count). The monoisotopic (exact) mass is 423 g/mol. The van der Waals surface area contributed by atoms with E-state index in [0.29, 0.717) is 11.3 Å². The molecule has 1 N–H and O–H groups in total. The molecule has 0 unspecified atom stereocenters. The van der Waals surface area contributed by atoms with Crippen molar-refractivity contribution >= 4 is 33.0 Å². The molecule has 10 nitrogen and oxygen atoms in total. The molecule has 0 bridgehead atoms. The number of carbonyl (C=O) groups is 1. The highest BCUT2D eigenvalue weighted by molar-refractivity contribution is 7.92. The first-order valence-corrected chi connectivity index (χ1v) is 10.2. The molecular formula is C18H21N3O7S. The summed E-state index contributed by atoms with van der Waals surface area (Å²) in [7, 11) is -1.02. The van der Waals surface area contributed by atoms with Gasteiger partial charge < -0.3 is 14.8 Å². The van der Waals surface area contributed by atoms with Crippen molar-refractivity contribution in [1.82, 2.24) is 0 Å². The van der Waals surface area contributed by atoms with Crippen LogP contribution in [0, 0.1) is 17.0 Å². The smallest absolute Gasteiger partial charge is 0.271 e. The van der Waals surface area contributed by atoms with Gasteiger partial charge in [-0.3, -0.25) is 19.2 Å². The van der Waals surface area contributed by atoms with Crippen molar-refractivity contribution in [3.8, 4) is 11.5 Å². The summed E-state index contributed by atoms with van der Waals surface area (Å²) < 4.78 is 35.9. The van der Waals surface area contributed by atoms with E-state index >= 15 is 0 Å². The second-order valence-corrected chi connectivity index (χ2v) is 8.02. The fourth-order valence-corrected chi connectivity index (χ4v) is 3.41. The standard InChI is InChI=1S/C18H21N3O7S/c1-12-5-6-13(21(23)24)9-15(12)19-18(22)11-20(29(4,25)26)16-8-7-14(27-2)10-17(16)28-3/h5-10H,11H2,1-4H3,(H,19,22). The van der Waals surface area contributed by atoms with Crippen molar-refractivity contribution in [2.24, 2.45) is 0 Å². The number of methoxy groups -OCH3 is 2. The summed E-state index contributed by atoms with van der Waals surface area (Å²) in [6.07, 6.45) is 0.961. The largest absolute Gasteiger partial charge is 0.497 e. The third-order valence-electron chi connectivity index (χ3n) is 4.05. The van der Waals surface area contributed by atoms with E-state index in [0.717, 1.165) is 10.6 Å². The molecule has 0 aliphatic carbocycles. The summed E-state index contributed by atoms with van der Waals surface area (Å²) in [4.78, 5) is 22.9. The van der Waals surface area contributed by atoms with Crippen LogP contribution in [0.25, 0.3) is 0 Å². The number of rotatable bonds is 8. The lowest BCUT2D eigenvalue weighted by molar-refractivity contribution is -0.384. The summed E-state index contributed by atoms with van der Waals surface area (Å²) in [6, 6.07) is 8.52. The fraction of sp³-hybridized carbons (Fsp3) is 0.278. The van der Waals surface area contributed by atoms with Gasteiger partial charge in [0.1, 0.15) is 18.0 Å². The molecule has 0 spiro atoms. The Kier molecular flexibility index (Phi) is 6.64. The van der Waals surface area contributed by atoms with Crippen molar-refractivity contribution in [2.45, 2.75) is 6.92 Å². The van der Waals surface area contributed by atoms with Gasteiger partial charge in [-0.15, -0.1) is 0 Å². The number of amides is 1. The number of anilines is 2. The molecule has 2 aromatic carbocycles. The van der Waals surface area contributed by atoms with Gasteiger partial charge in [0.05, 0.1) is 36.8 Å². The number of aryl methyl sites for hydroxylation is 1. The number of non-ortho nitro benzene ring substituents is 1. The van der Waals surface area contributed by atoms with Crippen LogP contribution in [0.3, 0.4) is 0 Å². The third-order valence-corrected chi connectivity index (χ3v) is 5.18. The van der Waals surface area contributed by atoms with E-state index in [-0.39, 0.29) is 22.8 Å². The minimum Gasteiger partial charge on any atom is -0.497 e. The Bertz CT molecular complexity index is 1040. The lowest BCUT2D eigenvalue weighted by atomic mass is 10.2. The molecule has 0 atom stereocenters. The van der Waals surface area contributed by atoms with Gasteiger partial charge in [0.25, 0.3) is 5.69 Å². The van der Waals surface area contributed by atoms with Crippen LogP contribution in [0.15, 0.2) is 36.4 Å². The molecule has 0 heterocycles. The van der Waals surface area contributed by atoms with E-state index in [4.69, 9.17) is 9.47 Å². The zero-order valence-corrected chi connectivity index (χ0v) is 17.1. The number of sulfonamides is 1. The Balaban J connectivity index is 2.34. The number of carbonyl (C=O) groups excluding carboxylic acids is 1. The number of nitrogens with zero attached hydrogens (tertiary/aromatic N) is 2. The normalized spacial score (nSPS) is 10.9. The van der Waals surface area contributed by atoms with Crippen molar-refractivity contribution in [2.75, 3.05) is 36.6 Å². The maximum absolute atomic E-state index is 12.5. The first-order chi connectivity index (χ1) is 13.6. The molecule has 0 fully saturated rings. The van der Waals surface area contributed by atoms with Crippen molar-refractivity contribution in [3.05, 3.63) is 52.1 Å². The highest BCUT2D eigenvalue weighted by Crippen LogP contribution is 2.33. The zero-order valence-electron chi connectivity index (χ0n) is 16.3. The summed E-state index contributed by atoms with van der Waals surface area (Å²) in [6.45, 7) is 1.11. The van der Waals surface area contributed by atoms with Gasteiger partial charge in [-0.05, 0) is 24.6 Å². The van der Waals surface area contributed by atoms with Crippen molar-refractivity contribution < 1.29 is 27.6 Å². The molecule has 156 valence electrons. The van der Waals surface area contributed by atoms with Crippen LogP contribution < -0.4 is 19.1 Å². The van der Waals surface area contributed by atoms with Gasteiger partial charge in [-0.25, -0.2) is 8.42 Å². The van der Waals surface area contributed by atoms with Crippen LogP contribution >= 0.6 is 0 Å². The molecule has 29 heavy (non-hydrogen) atoms. The van der Waals surface area contributed by atoms with E-state index in [1.165, 1.54) is 44.6 Å². The number of ether oxygens (including phenoxy) is 2. The van der Waals surface area contributed by atoms with Gasteiger partial charge in [-0.2, -0.15) is 0 Å². The average Bonchev–Trinajstić information content (AvgIpc) is 2.66. The highest BCUT2D eigenvalue weighted by atomic mass is 32.2. The van der Waals surface area contributed by atoms with Gasteiger partial charge in [0.2, 0.25) is 15.9 Å². The molecule has 11 heteroatoms. The molecule has 1 amide bonds. The minimum absolute atomic E-state index is 0.154. The second kappa shape index (κ2) is 8.78. The summed E-state index contributed by atoms with van der Waals surface area (Å²) in [5.74, 6) is -0.0123. The average molecular weight is 423 g/mol. The SMILES string of the molecule is COc1ccc(N(CC(=O)Nc2cc([N+](=O)[O-])ccc2C)S(C)(=O)=O)c(OC)c1. The molecule has 0 aliphatic rings. The predicted molar refractivity (Wildman–Crippen MR) is 108 cm³/mol. The molecule has 0 aliphatic heterocycles. The van der Waals surface area contributed by atoms with Gasteiger partial charge in [0, 0.05) is 18.2 Å². The summed E-state index contributed by atoms with van der Waals surface area (Å²) >= 11 is 0. The maximum Gasteiger partial charge on any atom is 0.271 e. The minimum atomic E-state index is -3.85. The third kappa shape index (κ3) is 5.35. The number of nitro groups is 1. The molecule has 0 saturated carbocycles. The fourth-order valence-electron chi connectivity index (χ4n) is 2.55. The second-order valence-electron chi connectivity index (χ2n) is 6.11. The Morgan fingerprint density at radius 3 is 2.41 bits per heavy atom. The first-order valence-electron chi connectivity index (χ1n) is 8.31. The van der Waals surface area contributed by atoms with Crippen molar-refractivity contribution in [3.63, 3.8) is 0 Å². The van der Waals surface area contributed by atoms with Crippen LogP contribution in [0.2, 0.25) is 0 Å². The predicted octanol–water partition coefficient (Wildman–Crippen LogP) is 2.33. The number of nitro benzene ring substituents is 1. The van der Waals surface area contributed by atoms with Crippen LogP contribution in [-0.2, 0) is 14.8 Å². The lowest BCUT2D eigenvalue weighted by Crippen LogP contribution is -2.37. The topological polar surface area (TPSA) is 128 Å². The van der Waals surface area contributed by atoms with Crippen LogP contribution in [0.5, 0.6) is 11.5 Å². The van der Waals surface area contributed by atoms with E-state index < -0.39 is 27.4 Å². The number of nitrogens with one attached hydrogen (secondary N) is 1. The van der Waals surface area contributed by atoms with Gasteiger partial charge in [0.15, 0.2) is 0 Å². The van der Waals surface area contributed by atoms with Crippen molar-refractivity contribution in [1.29, 1.82) is 0 Å². The molecule has 0 aromatic heterocycles. The highest BCUT2D eigenvalue weighted by Gasteiger charge is 2.25. The van der Waals surface area contributed by atoms with Crippen LogP contribution in [0.1, 0.15) is 5.56 Å². The first kappa shape index (κ1) is 22.0. The molecule has 2 aromatic rings. The number of hydrogen-bond donors (Lipinski definition) is 1. The number of hydrogen-bond acceptors (Lipinski definition) is 7. The molecular weight excluding hydrogens is 402 g/mol. The molecule has 0 radical (unpaired) electrons. The maximum atomic E-state index is 12.5. The van der Waals surface area contributed by atoms with Gasteiger partial charge >= 0.3 is 0 Å². The Hall–Kier alpha value is -3.34. The van der Waals surface area contributed by atoms with Gasteiger partial charge in [-0.1, -0.05) is 6.07 Å². The van der Waals surface area contributed by atoms with E-state index in [1.807, 2.05) is 0 Å². The van der Waals surface area contributed by atoms with Crippen LogP contribution in [-0.4, -0.2) is 46.3 Å². The Morgan fingerprint density at radius 2 is 1.86 bits per heavy atom. The van der Waals surface area contributed by atoms with E-state index in [2.05, 4.69) is 5.32 Å². The summed E-state index contributed by atoms with van der Waals surface area (Å²) in [5.41, 5.74) is 0.778.